The molecule has 2 aromatic heterocycles. The standard InChI is InChI=1S/C17H14ClN5O3S2/c18-11-1-3-12(4-2-11)28(25,26)23-8-5-13-15(10-23)27-17(21-13)22-16(24)14-9-19-6-7-20-14/h1-4,6-7,9H,5,8,10H2,(H,21,22,24). The Morgan fingerprint density at radius 2 is 2.00 bits per heavy atom. The monoisotopic (exact) mass is 435 g/mol. The fourth-order valence-electron chi connectivity index (χ4n) is 2.76. The molecule has 0 saturated carbocycles. The molecule has 0 fully saturated rings. The molecule has 1 amide bonds. The second-order valence-corrected chi connectivity index (χ2v) is 9.43. The summed E-state index contributed by atoms with van der Waals surface area (Å²) in [6.45, 7) is 0.526. The Morgan fingerprint density at radius 3 is 2.71 bits per heavy atom. The Balaban J connectivity index is 1.52. The van der Waals surface area contributed by atoms with Crippen LogP contribution in [0.4, 0.5) is 5.13 Å². The van der Waals surface area contributed by atoms with Gasteiger partial charge in [0.2, 0.25) is 10.0 Å². The number of fused-ring (bicyclic) bond motifs is 1. The number of hydrogen-bond donors (Lipinski definition) is 1. The molecule has 1 aliphatic heterocycles. The lowest BCUT2D eigenvalue weighted by Gasteiger charge is -2.25. The molecule has 144 valence electrons. The van der Waals surface area contributed by atoms with Crippen LogP contribution in [0.25, 0.3) is 0 Å². The van der Waals surface area contributed by atoms with Crippen LogP contribution in [0, 0.1) is 0 Å². The van der Waals surface area contributed by atoms with Crippen molar-refractivity contribution in [3.05, 3.63) is 64.1 Å². The molecule has 0 saturated heterocycles. The summed E-state index contributed by atoms with van der Waals surface area (Å²) in [5, 5.41) is 3.58. The Bertz CT molecular complexity index is 1120. The van der Waals surface area contributed by atoms with E-state index in [4.69, 9.17) is 11.6 Å². The van der Waals surface area contributed by atoms with Crippen LogP contribution in [0.1, 0.15) is 21.1 Å². The van der Waals surface area contributed by atoms with E-state index in [1.165, 1.54) is 46.4 Å². The van der Waals surface area contributed by atoms with Gasteiger partial charge in [0.05, 0.1) is 23.3 Å². The molecule has 3 aromatic rings. The van der Waals surface area contributed by atoms with Crippen molar-refractivity contribution in [2.24, 2.45) is 0 Å². The average molecular weight is 436 g/mol. The number of rotatable bonds is 4. The normalized spacial score (nSPS) is 14.5. The van der Waals surface area contributed by atoms with Gasteiger partial charge in [0.25, 0.3) is 5.91 Å². The molecular weight excluding hydrogens is 422 g/mol. The van der Waals surface area contributed by atoms with E-state index in [2.05, 4.69) is 20.3 Å². The van der Waals surface area contributed by atoms with Crippen LogP contribution in [-0.2, 0) is 23.0 Å². The molecule has 0 radical (unpaired) electrons. The molecule has 0 aliphatic carbocycles. The third kappa shape index (κ3) is 3.76. The first-order valence-corrected chi connectivity index (χ1v) is 10.9. The van der Waals surface area contributed by atoms with E-state index < -0.39 is 15.9 Å². The van der Waals surface area contributed by atoms with Crippen molar-refractivity contribution >= 4 is 44.0 Å². The number of halogens is 1. The first-order chi connectivity index (χ1) is 13.4. The Hall–Kier alpha value is -2.40. The molecule has 0 spiro atoms. The molecule has 1 N–H and O–H groups in total. The van der Waals surface area contributed by atoms with Gasteiger partial charge in [-0.2, -0.15) is 4.31 Å². The molecule has 8 nitrogen and oxygen atoms in total. The average Bonchev–Trinajstić information content (AvgIpc) is 3.10. The number of nitrogens with one attached hydrogen (secondary N) is 1. The van der Waals surface area contributed by atoms with Gasteiger partial charge in [0, 0.05) is 35.3 Å². The number of benzene rings is 1. The smallest absolute Gasteiger partial charge is 0.277 e. The largest absolute Gasteiger partial charge is 0.296 e. The lowest BCUT2D eigenvalue weighted by Crippen LogP contribution is -2.35. The number of anilines is 1. The first kappa shape index (κ1) is 18.9. The van der Waals surface area contributed by atoms with Gasteiger partial charge in [0.15, 0.2) is 5.13 Å². The number of sulfonamides is 1. The van der Waals surface area contributed by atoms with Crippen molar-refractivity contribution in [3.8, 4) is 0 Å². The minimum atomic E-state index is -3.63. The maximum absolute atomic E-state index is 12.9. The van der Waals surface area contributed by atoms with Gasteiger partial charge in [-0.15, -0.1) is 11.3 Å². The quantitative estimate of drug-likeness (QED) is 0.675. The van der Waals surface area contributed by atoms with Gasteiger partial charge in [-0.3, -0.25) is 15.1 Å². The summed E-state index contributed by atoms with van der Waals surface area (Å²) in [5.74, 6) is -0.412. The fraction of sp³-hybridized carbons (Fsp3) is 0.176. The van der Waals surface area contributed by atoms with Crippen LogP contribution in [-0.4, -0.2) is 40.1 Å². The van der Waals surface area contributed by atoms with E-state index in [0.29, 0.717) is 23.1 Å². The summed E-state index contributed by atoms with van der Waals surface area (Å²) in [5.41, 5.74) is 0.976. The summed E-state index contributed by atoms with van der Waals surface area (Å²) < 4.78 is 27.1. The van der Waals surface area contributed by atoms with Gasteiger partial charge in [-0.25, -0.2) is 18.4 Å². The maximum Gasteiger partial charge on any atom is 0.277 e. The highest BCUT2D eigenvalue weighted by atomic mass is 35.5. The molecule has 28 heavy (non-hydrogen) atoms. The van der Waals surface area contributed by atoms with Gasteiger partial charge < -0.3 is 0 Å². The summed E-state index contributed by atoms with van der Waals surface area (Å²) in [4.78, 5) is 25.4. The Labute approximate surface area is 170 Å². The first-order valence-electron chi connectivity index (χ1n) is 8.25. The van der Waals surface area contributed by atoms with Crippen LogP contribution in [0.2, 0.25) is 5.02 Å². The van der Waals surface area contributed by atoms with Gasteiger partial charge in [0.1, 0.15) is 5.69 Å². The third-order valence-corrected chi connectivity index (χ3v) is 7.27. The minimum Gasteiger partial charge on any atom is -0.296 e. The van der Waals surface area contributed by atoms with E-state index >= 15 is 0 Å². The number of carbonyl (C=O) groups excluding carboxylic acids is 1. The van der Waals surface area contributed by atoms with E-state index in [1.807, 2.05) is 0 Å². The second-order valence-electron chi connectivity index (χ2n) is 5.98. The van der Waals surface area contributed by atoms with Gasteiger partial charge >= 0.3 is 0 Å². The van der Waals surface area contributed by atoms with Crippen LogP contribution in [0.15, 0.2) is 47.8 Å². The van der Waals surface area contributed by atoms with Gasteiger partial charge in [-0.05, 0) is 24.3 Å². The SMILES string of the molecule is O=C(Nc1nc2c(s1)CN(S(=O)(=O)c1ccc(Cl)cc1)CC2)c1cnccn1. The van der Waals surface area contributed by atoms with E-state index in [0.717, 1.165) is 10.6 Å². The van der Waals surface area contributed by atoms with Crippen LogP contribution >= 0.6 is 22.9 Å². The van der Waals surface area contributed by atoms with Crippen molar-refractivity contribution in [2.75, 3.05) is 11.9 Å². The molecule has 1 aliphatic rings. The van der Waals surface area contributed by atoms with E-state index in [-0.39, 0.29) is 17.1 Å². The zero-order valence-corrected chi connectivity index (χ0v) is 16.8. The molecule has 3 heterocycles. The summed E-state index contributed by atoms with van der Waals surface area (Å²) in [7, 11) is -3.63. The van der Waals surface area contributed by atoms with Crippen molar-refractivity contribution in [2.45, 2.75) is 17.9 Å². The van der Waals surface area contributed by atoms with E-state index in [1.54, 1.807) is 12.1 Å². The molecule has 4 rings (SSSR count). The molecule has 1 aromatic carbocycles. The third-order valence-electron chi connectivity index (χ3n) is 4.16. The van der Waals surface area contributed by atoms with Crippen molar-refractivity contribution in [1.29, 1.82) is 0 Å². The maximum atomic E-state index is 12.9. The molecular formula is C17H14ClN5O3S2. The van der Waals surface area contributed by atoms with Gasteiger partial charge in [-0.1, -0.05) is 11.6 Å². The number of hydrogen-bond acceptors (Lipinski definition) is 7. The highest BCUT2D eigenvalue weighted by Crippen LogP contribution is 2.31. The predicted octanol–water partition coefficient (Wildman–Crippen LogP) is 2.59. The summed E-state index contributed by atoms with van der Waals surface area (Å²) >= 11 is 7.10. The topological polar surface area (TPSA) is 105 Å². The number of aromatic nitrogens is 3. The molecule has 0 bridgehead atoms. The summed E-state index contributed by atoms with van der Waals surface area (Å²) in [6, 6.07) is 6.09. The molecule has 0 atom stereocenters. The number of nitrogens with zero attached hydrogens (tertiary/aromatic N) is 4. The van der Waals surface area contributed by atoms with Crippen molar-refractivity contribution in [1.82, 2.24) is 19.3 Å². The van der Waals surface area contributed by atoms with Crippen LogP contribution < -0.4 is 5.32 Å². The molecule has 0 unspecified atom stereocenters. The lowest BCUT2D eigenvalue weighted by molar-refractivity contribution is 0.102. The van der Waals surface area contributed by atoms with Crippen molar-refractivity contribution < 1.29 is 13.2 Å². The Kier molecular flexibility index (Phi) is 5.11. The summed E-state index contributed by atoms with van der Waals surface area (Å²) in [6.07, 6.45) is 4.75. The fourth-order valence-corrected chi connectivity index (χ4v) is 5.40. The zero-order valence-electron chi connectivity index (χ0n) is 14.4. The highest BCUT2D eigenvalue weighted by Gasteiger charge is 2.30. The zero-order chi connectivity index (χ0) is 19.7. The number of amides is 1. The molecule has 11 heteroatoms. The Morgan fingerprint density at radius 1 is 1.21 bits per heavy atom. The highest BCUT2D eigenvalue weighted by molar-refractivity contribution is 7.89. The van der Waals surface area contributed by atoms with Crippen LogP contribution in [0.3, 0.4) is 0 Å². The van der Waals surface area contributed by atoms with Crippen LogP contribution in [0.5, 0.6) is 0 Å². The number of carbonyl (C=O) groups is 1. The van der Waals surface area contributed by atoms with E-state index in [9.17, 15) is 13.2 Å². The second kappa shape index (κ2) is 7.55. The minimum absolute atomic E-state index is 0.183. The van der Waals surface area contributed by atoms with Crippen molar-refractivity contribution in [3.63, 3.8) is 0 Å². The lowest BCUT2D eigenvalue weighted by atomic mass is 10.2. The number of thiazole rings is 1. The predicted molar refractivity (Wildman–Crippen MR) is 105 cm³/mol.